The molecule has 2 rings (SSSR count). The number of piperidine rings is 1. The van der Waals surface area contributed by atoms with Crippen molar-refractivity contribution in [1.82, 2.24) is 4.90 Å². The van der Waals surface area contributed by atoms with Crippen LogP contribution in [0.1, 0.15) is 58.8 Å². The summed E-state index contributed by atoms with van der Waals surface area (Å²) >= 11 is 0. The van der Waals surface area contributed by atoms with Crippen LogP contribution >= 0.6 is 0 Å². The quantitative estimate of drug-likeness (QED) is 0.842. The topological polar surface area (TPSA) is 55.6 Å². The van der Waals surface area contributed by atoms with E-state index in [0.29, 0.717) is 12.0 Å². The number of nitrogens with zero attached hydrogens (tertiary/aromatic N) is 1. The number of hydrogen-bond donors (Lipinski definition) is 1. The van der Waals surface area contributed by atoms with Gasteiger partial charge in [-0.2, -0.15) is 0 Å². The maximum absolute atomic E-state index is 12.6. The molecule has 1 saturated heterocycles. The highest BCUT2D eigenvalue weighted by molar-refractivity contribution is 5.81. The maximum atomic E-state index is 12.6. The molecule has 1 aliphatic heterocycles. The average molecular weight is 282 g/mol. The lowest BCUT2D eigenvalue weighted by atomic mass is 9.92. The highest BCUT2D eigenvalue weighted by atomic mass is 16.5. The van der Waals surface area contributed by atoms with Crippen molar-refractivity contribution >= 4 is 5.91 Å². The van der Waals surface area contributed by atoms with Crippen molar-refractivity contribution in [3.63, 3.8) is 0 Å². The van der Waals surface area contributed by atoms with Gasteiger partial charge in [-0.05, 0) is 44.9 Å². The van der Waals surface area contributed by atoms with Crippen LogP contribution in [0.4, 0.5) is 0 Å². The lowest BCUT2D eigenvalue weighted by molar-refractivity contribution is -0.149. The molecule has 20 heavy (non-hydrogen) atoms. The summed E-state index contributed by atoms with van der Waals surface area (Å²) in [5.41, 5.74) is 6.00. The predicted octanol–water partition coefficient (Wildman–Crippen LogP) is 2.31. The van der Waals surface area contributed by atoms with E-state index in [0.717, 1.165) is 45.2 Å². The van der Waals surface area contributed by atoms with Crippen LogP contribution in [-0.2, 0) is 9.53 Å². The van der Waals surface area contributed by atoms with Gasteiger partial charge in [-0.15, -0.1) is 0 Å². The molecule has 4 nitrogen and oxygen atoms in total. The van der Waals surface area contributed by atoms with Crippen molar-refractivity contribution in [2.75, 3.05) is 13.1 Å². The molecule has 0 aromatic rings. The third kappa shape index (κ3) is 3.95. The Bertz CT molecular complexity index is 308. The van der Waals surface area contributed by atoms with E-state index in [4.69, 9.17) is 10.5 Å². The summed E-state index contributed by atoms with van der Waals surface area (Å²) in [6, 6.07) is 0.168. The molecular formula is C16H30N2O2. The lowest BCUT2D eigenvalue weighted by Gasteiger charge is -2.36. The Balaban J connectivity index is 1.89. The zero-order valence-electron chi connectivity index (χ0n) is 13.0. The Morgan fingerprint density at radius 2 is 2.00 bits per heavy atom. The molecule has 1 aliphatic carbocycles. The van der Waals surface area contributed by atoms with Crippen LogP contribution in [-0.4, -0.2) is 42.1 Å². The van der Waals surface area contributed by atoms with E-state index in [9.17, 15) is 4.79 Å². The summed E-state index contributed by atoms with van der Waals surface area (Å²) in [6.07, 6.45) is 7.76. The van der Waals surface area contributed by atoms with Gasteiger partial charge in [0, 0.05) is 19.1 Å². The molecule has 0 aromatic carbocycles. The Morgan fingerprint density at radius 1 is 1.30 bits per heavy atom. The molecule has 1 saturated carbocycles. The molecule has 1 amide bonds. The van der Waals surface area contributed by atoms with Gasteiger partial charge in [0.1, 0.15) is 6.10 Å². The van der Waals surface area contributed by atoms with E-state index < -0.39 is 0 Å². The third-order valence-corrected chi connectivity index (χ3v) is 4.82. The van der Waals surface area contributed by atoms with Gasteiger partial charge >= 0.3 is 0 Å². The van der Waals surface area contributed by atoms with Crippen molar-refractivity contribution in [2.45, 2.75) is 77.0 Å². The minimum atomic E-state index is -0.245. The number of rotatable bonds is 5. The Labute approximate surface area is 123 Å². The first-order chi connectivity index (χ1) is 9.61. The van der Waals surface area contributed by atoms with Crippen molar-refractivity contribution in [3.8, 4) is 0 Å². The Hall–Kier alpha value is -0.610. The molecular weight excluding hydrogens is 252 g/mol. The zero-order chi connectivity index (χ0) is 14.5. The van der Waals surface area contributed by atoms with E-state index in [1.165, 1.54) is 12.8 Å². The molecule has 3 unspecified atom stereocenters. The van der Waals surface area contributed by atoms with Gasteiger partial charge in [-0.3, -0.25) is 4.79 Å². The van der Waals surface area contributed by atoms with Gasteiger partial charge in [0.25, 0.3) is 5.91 Å². The molecule has 1 heterocycles. The summed E-state index contributed by atoms with van der Waals surface area (Å²) in [4.78, 5) is 14.6. The van der Waals surface area contributed by atoms with Gasteiger partial charge in [0.15, 0.2) is 0 Å². The van der Waals surface area contributed by atoms with E-state index in [1.54, 1.807) is 0 Å². The molecule has 0 spiro atoms. The van der Waals surface area contributed by atoms with Crippen LogP contribution in [0.5, 0.6) is 0 Å². The van der Waals surface area contributed by atoms with E-state index in [2.05, 4.69) is 0 Å². The minimum absolute atomic E-state index is 0.168. The van der Waals surface area contributed by atoms with Crippen LogP contribution in [0.2, 0.25) is 0 Å². The minimum Gasteiger partial charge on any atom is -0.365 e. The van der Waals surface area contributed by atoms with Crippen LogP contribution in [0, 0.1) is 5.92 Å². The largest absolute Gasteiger partial charge is 0.365 e. The summed E-state index contributed by atoms with van der Waals surface area (Å²) in [5.74, 6) is 0.626. The summed E-state index contributed by atoms with van der Waals surface area (Å²) in [7, 11) is 0. The number of ether oxygens (including phenoxy) is 1. The Morgan fingerprint density at radius 3 is 2.60 bits per heavy atom. The standard InChI is InChI=1S/C16H30N2O2/c1-3-15(20-14-8-4-5-9-14)16(19)18-10-6-7-13(11-18)12(2)17/h12-15H,3-11,17H2,1-2H3. The molecule has 0 radical (unpaired) electrons. The van der Waals surface area contributed by atoms with Crippen molar-refractivity contribution < 1.29 is 9.53 Å². The first-order valence-corrected chi connectivity index (χ1v) is 8.31. The summed E-state index contributed by atoms with van der Waals surface area (Å²) < 4.78 is 6.05. The van der Waals surface area contributed by atoms with E-state index >= 15 is 0 Å². The van der Waals surface area contributed by atoms with E-state index in [-0.39, 0.29) is 18.1 Å². The normalized spacial score (nSPS) is 27.6. The summed E-state index contributed by atoms with van der Waals surface area (Å²) in [5, 5.41) is 0. The van der Waals surface area contributed by atoms with E-state index in [1.807, 2.05) is 18.7 Å². The molecule has 2 N–H and O–H groups in total. The van der Waals surface area contributed by atoms with Crippen LogP contribution in [0.3, 0.4) is 0 Å². The van der Waals surface area contributed by atoms with Gasteiger partial charge < -0.3 is 15.4 Å². The smallest absolute Gasteiger partial charge is 0.251 e. The second-order valence-electron chi connectivity index (χ2n) is 6.49. The highest BCUT2D eigenvalue weighted by Crippen LogP contribution is 2.25. The van der Waals surface area contributed by atoms with Crippen molar-refractivity contribution in [1.29, 1.82) is 0 Å². The number of amides is 1. The average Bonchev–Trinajstić information content (AvgIpc) is 2.97. The van der Waals surface area contributed by atoms with Crippen LogP contribution in [0.15, 0.2) is 0 Å². The van der Waals surface area contributed by atoms with Crippen molar-refractivity contribution in [3.05, 3.63) is 0 Å². The number of likely N-dealkylation sites (tertiary alicyclic amines) is 1. The second kappa shape index (κ2) is 7.41. The molecule has 116 valence electrons. The fraction of sp³-hybridized carbons (Fsp3) is 0.938. The van der Waals surface area contributed by atoms with Crippen LogP contribution < -0.4 is 5.73 Å². The fourth-order valence-corrected chi connectivity index (χ4v) is 3.43. The molecule has 0 aromatic heterocycles. The molecule has 2 aliphatic rings. The fourth-order valence-electron chi connectivity index (χ4n) is 3.43. The SMILES string of the molecule is CCC(OC1CCCC1)C(=O)N1CCCC(C(C)N)C1. The van der Waals surface area contributed by atoms with Crippen molar-refractivity contribution in [2.24, 2.45) is 11.7 Å². The maximum Gasteiger partial charge on any atom is 0.251 e. The first-order valence-electron chi connectivity index (χ1n) is 8.31. The molecule has 0 bridgehead atoms. The molecule has 2 fully saturated rings. The molecule has 3 atom stereocenters. The Kier molecular flexibility index (Phi) is 5.85. The van der Waals surface area contributed by atoms with Gasteiger partial charge in [0.05, 0.1) is 6.10 Å². The number of nitrogens with two attached hydrogens (primary N) is 1. The highest BCUT2D eigenvalue weighted by Gasteiger charge is 2.31. The van der Waals surface area contributed by atoms with Gasteiger partial charge in [-0.25, -0.2) is 0 Å². The zero-order valence-corrected chi connectivity index (χ0v) is 13.0. The monoisotopic (exact) mass is 282 g/mol. The number of carbonyl (C=O) groups excluding carboxylic acids is 1. The van der Waals surface area contributed by atoms with Crippen LogP contribution in [0.25, 0.3) is 0 Å². The number of carbonyl (C=O) groups is 1. The summed E-state index contributed by atoms with van der Waals surface area (Å²) in [6.45, 7) is 5.77. The molecule has 4 heteroatoms. The van der Waals surface area contributed by atoms with Gasteiger partial charge in [-0.1, -0.05) is 19.8 Å². The second-order valence-corrected chi connectivity index (χ2v) is 6.49. The lowest BCUT2D eigenvalue weighted by Crippen LogP contribution is -2.49. The third-order valence-electron chi connectivity index (χ3n) is 4.82. The number of hydrogen-bond acceptors (Lipinski definition) is 3. The van der Waals surface area contributed by atoms with Gasteiger partial charge in [0.2, 0.25) is 0 Å². The predicted molar refractivity (Wildman–Crippen MR) is 80.4 cm³/mol. The first kappa shape index (κ1) is 15.8.